The van der Waals surface area contributed by atoms with Gasteiger partial charge in [0.2, 0.25) is 0 Å². The first-order chi connectivity index (χ1) is 13.5. The first kappa shape index (κ1) is 20.3. The van der Waals surface area contributed by atoms with E-state index in [0.29, 0.717) is 23.4 Å². The van der Waals surface area contributed by atoms with Crippen molar-refractivity contribution in [1.82, 2.24) is 0 Å². The van der Waals surface area contributed by atoms with E-state index in [1.54, 1.807) is 38.0 Å². The van der Waals surface area contributed by atoms with Crippen molar-refractivity contribution in [2.75, 3.05) is 25.2 Å². The highest BCUT2D eigenvalue weighted by Gasteiger charge is 2.36. The average molecular weight is 401 g/mol. The number of amides is 1. The summed E-state index contributed by atoms with van der Waals surface area (Å²) in [5, 5.41) is 0. The van der Waals surface area contributed by atoms with E-state index in [0.717, 1.165) is 11.3 Å². The van der Waals surface area contributed by atoms with Crippen molar-refractivity contribution < 1.29 is 23.1 Å². The van der Waals surface area contributed by atoms with E-state index in [1.165, 1.54) is 5.82 Å². The lowest BCUT2D eigenvalue weighted by atomic mass is 10.1. The first-order valence-electron chi connectivity index (χ1n) is 9.17. The Labute approximate surface area is 165 Å². The molecule has 0 bridgehead atoms. The number of rotatable bonds is 8. The molecule has 1 heterocycles. The standard InChI is InChI=1S/C21H24NO5P/c1-4-26-28(24,27-5-2)15-19-18-13-17(25-3)11-12-20(18)22(21(19)23)14-16-9-7-6-8-10-16/h6-13,15H,4-5,14H2,1-3H3/b19-15+. The molecule has 28 heavy (non-hydrogen) atoms. The number of benzene rings is 2. The van der Waals surface area contributed by atoms with Crippen molar-refractivity contribution in [1.29, 1.82) is 0 Å². The predicted octanol–water partition coefficient (Wildman–Crippen LogP) is 4.85. The van der Waals surface area contributed by atoms with Crippen molar-refractivity contribution in [3.63, 3.8) is 0 Å². The lowest BCUT2D eigenvalue weighted by Gasteiger charge is -2.17. The van der Waals surface area contributed by atoms with Crippen LogP contribution in [0.25, 0.3) is 5.57 Å². The van der Waals surface area contributed by atoms with Crippen molar-refractivity contribution in [3.05, 3.63) is 65.5 Å². The molecule has 0 spiro atoms. The Balaban J connectivity index is 2.07. The van der Waals surface area contributed by atoms with E-state index in [-0.39, 0.29) is 19.1 Å². The molecule has 0 fully saturated rings. The minimum Gasteiger partial charge on any atom is -0.497 e. The molecule has 0 aliphatic carbocycles. The number of nitrogens with zero attached hydrogens (tertiary/aromatic N) is 1. The summed E-state index contributed by atoms with van der Waals surface area (Å²) in [6, 6.07) is 15.1. The van der Waals surface area contributed by atoms with Gasteiger partial charge >= 0.3 is 7.60 Å². The fraction of sp³-hybridized carbons (Fsp3) is 0.286. The third-order valence-electron chi connectivity index (χ3n) is 4.35. The summed E-state index contributed by atoms with van der Waals surface area (Å²) in [6.07, 6.45) is 0. The minimum atomic E-state index is -3.54. The van der Waals surface area contributed by atoms with Crippen LogP contribution in [0, 0.1) is 0 Å². The van der Waals surface area contributed by atoms with Crippen molar-refractivity contribution in [3.8, 4) is 5.75 Å². The molecule has 0 saturated heterocycles. The smallest absolute Gasteiger partial charge is 0.354 e. The highest BCUT2D eigenvalue weighted by atomic mass is 31.2. The van der Waals surface area contributed by atoms with Crippen LogP contribution in [0.4, 0.5) is 5.69 Å². The largest absolute Gasteiger partial charge is 0.497 e. The van der Waals surface area contributed by atoms with Gasteiger partial charge in [-0.3, -0.25) is 9.36 Å². The quantitative estimate of drug-likeness (QED) is 0.467. The fourth-order valence-corrected chi connectivity index (χ4v) is 4.65. The third-order valence-corrected chi connectivity index (χ3v) is 6.16. The fourth-order valence-electron chi connectivity index (χ4n) is 3.14. The van der Waals surface area contributed by atoms with Crippen LogP contribution >= 0.6 is 7.60 Å². The first-order valence-corrected chi connectivity index (χ1v) is 10.8. The molecule has 3 rings (SSSR count). The minimum absolute atomic E-state index is 0.216. The summed E-state index contributed by atoms with van der Waals surface area (Å²) >= 11 is 0. The Hall–Kier alpha value is -2.40. The predicted molar refractivity (Wildman–Crippen MR) is 109 cm³/mol. The lowest BCUT2D eigenvalue weighted by molar-refractivity contribution is -0.113. The SMILES string of the molecule is CCOP(=O)(/C=C1/C(=O)N(Cc2ccccc2)c2ccc(OC)cc21)OCC. The number of methoxy groups -OCH3 is 1. The normalized spacial score (nSPS) is 15.2. The van der Waals surface area contributed by atoms with Crippen LogP contribution in [0.15, 0.2) is 54.3 Å². The molecule has 6 nitrogen and oxygen atoms in total. The maximum absolute atomic E-state index is 13.2. The molecule has 1 amide bonds. The Morgan fingerprint density at radius 2 is 1.71 bits per heavy atom. The molecule has 0 atom stereocenters. The second kappa shape index (κ2) is 8.74. The Bertz CT molecular complexity index is 916. The Kier molecular flexibility index (Phi) is 6.35. The topological polar surface area (TPSA) is 65.1 Å². The summed E-state index contributed by atoms with van der Waals surface area (Å²) in [5.74, 6) is 1.71. The van der Waals surface area contributed by atoms with Gasteiger partial charge in [-0.1, -0.05) is 30.3 Å². The van der Waals surface area contributed by atoms with Gasteiger partial charge < -0.3 is 18.7 Å². The summed E-state index contributed by atoms with van der Waals surface area (Å²) in [5.41, 5.74) is 2.69. The zero-order chi connectivity index (χ0) is 20.1. The molecule has 1 aliphatic rings. The van der Waals surface area contributed by atoms with Gasteiger partial charge in [0.25, 0.3) is 5.91 Å². The monoisotopic (exact) mass is 401 g/mol. The van der Waals surface area contributed by atoms with E-state index in [2.05, 4.69) is 0 Å². The van der Waals surface area contributed by atoms with E-state index < -0.39 is 7.60 Å². The lowest BCUT2D eigenvalue weighted by Crippen LogP contribution is -2.25. The average Bonchev–Trinajstić information content (AvgIpc) is 2.94. The van der Waals surface area contributed by atoms with Gasteiger partial charge in [0.05, 0.1) is 38.1 Å². The number of carbonyl (C=O) groups excluding carboxylic acids is 1. The highest BCUT2D eigenvalue weighted by Crippen LogP contribution is 2.54. The van der Waals surface area contributed by atoms with E-state index >= 15 is 0 Å². The summed E-state index contributed by atoms with van der Waals surface area (Å²) in [4.78, 5) is 14.9. The van der Waals surface area contributed by atoms with Gasteiger partial charge in [0.1, 0.15) is 5.75 Å². The number of hydrogen-bond acceptors (Lipinski definition) is 5. The molecule has 1 aliphatic heterocycles. The van der Waals surface area contributed by atoms with Crippen molar-refractivity contribution in [2.24, 2.45) is 0 Å². The van der Waals surface area contributed by atoms with E-state index in [1.807, 2.05) is 36.4 Å². The number of anilines is 1. The van der Waals surface area contributed by atoms with Gasteiger partial charge in [-0.05, 0) is 37.6 Å². The number of carbonyl (C=O) groups is 1. The van der Waals surface area contributed by atoms with Crippen LogP contribution in [0.3, 0.4) is 0 Å². The number of ether oxygens (including phenoxy) is 1. The molecular weight excluding hydrogens is 377 g/mol. The van der Waals surface area contributed by atoms with Gasteiger partial charge in [-0.15, -0.1) is 0 Å². The second-order valence-corrected chi connectivity index (χ2v) is 8.03. The maximum Gasteiger partial charge on any atom is 0.354 e. The van der Waals surface area contributed by atoms with Crippen LogP contribution in [-0.4, -0.2) is 26.2 Å². The molecule has 7 heteroatoms. The summed E-state index contributed by atoms with van der Waals surface area (Å²) in [7, 11) is -1.98. The highest BCUT2D eigenvalue weighted by molar-refractivity contribution is 7.57. The molecule has 0 saturated carbocycles. The molecule has 0 unspecified atom stereocenters. The molecule has 0 radical (unpaired) electrons. The maximum atomic E-state index is 13.2. The zero-order valence-corrected chi connectivity index (χ0v) is 17.1. The van der Waals surface area contributed by atoms with Crippen LogP contribution in [0.2, 0.25) is 0 Å². The van der Waals surface area contributed by atoms with E-state index in [4.69, 9.17) is 13.8 Å². The van der Waals surface area contributed by atoms with Gasteiger partial charge in [-0.25, -0.2) is 0 Å². The van der Waals surface area contributed by atoms with Crippen LogP contribution < -0.4 is 9.64 Å². The summed E-state index contributed by atoms with van der Waals surface area (Å²) < 4.78 is 29.1. The van der Waals surface area contributed by atoms with Gasteiger partial charge in [0, 0.05) is 11.4 Å². The zero-order valence-electron chi connectivity index (χ0n) is 16.3. The van der Waals surface area contributed by atoms with Crippen LogP contribution in [-0.2, 0) is 25.0 Å². The van der Waals surface area contributed by atoms with E-state index in [9.17, 15) is 9.36 Å². The van der Waals surface area contributed by atoms with Crippen LogP contribution in [0.1, 0.15) is 25.0 Å². The molecule has 2 aromatic carbocycles. The van der Waals surface area contributed by atoms with Gasteiger partial charge in [-0.2, -0.15) is 0 Å². The second-order valence-electron chi connectivity index (χ2n) is 6.18. The summed E-state index contributed by atoms with van der Waals surface area (Å²) in [6.45, 7) is 4.31. The Morgan fingerprint density at radius 3 is 2.32 bits per heavy atom. The van der Waals surface area contributed by atoms with Crippen molar-refractivity contribution in [2.45, 2.75) is 20.4 Å². The third kappa shape index (κ3) is 4.20. The van der Waals surface area contributed by atoms with Crippen LogP contribution in [0.5, 0.6) is 5.75 Å². The molecular formula is C21H24NO5P. The molecule has 0 N–H and O–H groups in total. The van der Waals surface area contributed by atoms with Gasteiger partial charge in [0.15, 0.2) is 0 Å². The molecule has 2 aromatic rings. The molecule has 148 valence electrons. The molecule has 0 aromatic heterocycles. The van der Waals surface area contributed by atoms with Crippen molar-refractivity contribution >= 4 is 24.8 Å². The Morgan fingerprint density at radius 1 is 1.04 bits per heavy atom. The number of fused-ring (bicyclic) bond motifs is 1. The number of hydrogen-bond donors (Lipinski definition) is 0.